The van der Waals surface area contributed by atoms with Gasteiger partial charge in [0.1, 0.15) is 0 Å². The van der Waals surface area contributed by atoms with E-state index >= 15 is 0 Å². The van der Waals surface area contributed by atoms with Crippen molar-refractivity contribution >= 4 is 29.1 Å². The van der Waals surface area contributed by atoms with Crippen molar-refractivity contribution in [3.05, 3.63) is 0 Å². The fourth-order valence-corrected chi connectivity index (χ4v) is 31.3. The van der Waals surface area contributed by atoms with E-state index in [-0.39, 0.29) is 18.9 Å². The Kier molecular flexibility index (Phi) is 13.7. The van der Waals surface area contributed by atoms with Gasteiger partial charge in [-0.3, -0.25) is 4.79 Å². The molecule has 43 heavy (non-hydrogen) atoms. The van der Waals surface area contributed by atoms with Gasteiger partial charge >= 0.3 is 18.9 Å². The van der Waals surface area contributed by atoms with Gasteiger partial charge in [-0.15, -0.1) is 0 Å². The maximum absolute atomic E-state index is 4.94. The van der Waals surface area contributed by atoms with Crippen molar-refractivity contribution in [3.63, 3.8) is 0 Å². The minimum atomic E-state index is -1.77. The van der Waals surface area contributed by atoms with Crippen LogP contribution in [0.5, 0.6) is 0 Å². The largest absolute Gasteiger partial charge is 1.00 e. The van der Waals surface area contributed by atoms with Gasteiger partial charge < -0.3 is 18.1 Å². The molecule has 0 amide bonds. The summed E-state index contributed by atoms with van der Waals surface area (Å²) in [4.78, 5) is 2.21. The third kappa shape index (κ3) is 8.75. The van der Waals surface area contributed by atoms with Crippen LogP contribution in [-0.4, -0.2) is 55.5 Å². The second-order valence-corrected chi connectivity index (χ2v) is 35.6. The Labute approximate surface area is 286 Å². The van der Waals surface area contributed by atoms with E-state index < -0.39 is 15.7 Å². The number of ether oxygens (including phenoxy) is 2. The van der Waals surface area contributed by atoms with Crippen molar-refractivity contribution in [2.24, 2.45) is 23.2 Å². The van der Waals surface area contributed by atoms with Crippen molar-refractivity contribution in [2.45, 2.75) is 181 Å². The normalized spacial score (nSPS) is 29.8. The molecule has 0 radical (unpaired) electrons. The molecule has 0 spiro atoms. The van der Waals surface area contributed by atoms with Gasteiger partial charge in [0.15, 0.2) is 0 Å². The molecule has 2 nitrogen and oxygen atoms in total. The summed E-state index contributed by atoms with van der Waals surface area (Å²) in [5.41, 5.74) is 0.583. The van der Waals surface area contributed by atoms with Gasteiger partial charge in [0.25, 0.3) is 0 Å². The number of hydrogen-bond acceptors (Lipinski definition) is 2. The SMILES string of the molecule is C1CCOC1.C1CCOC1.CC(C)(C)[Si](C)([Si-]=C(C12CC3CC(CC(C3)C1)C2)[Si](C)(C(C)(C)C)C(C)(C)C)C(C)(C)C.[Li+]. The Morgan fingerprint density at radius 1 is 0.558 bits per heavy atom. The molecule has 2 saturated heterocycles. The first-order chi connectivity index (χ1) is 19.1. The summed E-state index contributed by atoms with van der Waals surface area (Å²) in [7, 11) is -2.25. The molecule has 0 N–H and O–H groups in total. The van der Waals surface area contributed by atoms with E-state index in [0.717, 1.165) is 52.8 Å². The first kappa shape index (κ1) is 40.2. The molecule has 0 aromatic rings. The third-order valence-corrected chi connectivity index (χ3v) is 37.3. The Bertz CT molecular complexity index is 820. The first-order valence-electron chi connectivity index (χ1n) is 17.9. The molecule has 2 aliphatic heterocycles. The molecule has 4 bridgehead atoms. The van der Waals surface area contributed by atoms with E-state index in [1.807, 2.05) is 0 Å². The van der Waals surface area contributed by atoms with Gasteiger partial charge in [-0.05, 0) is 97.5 Å². The van der Waals surface area contributed by atoms with E-state index in [9.17, 15) is 0 Å². The van der Waals surface area contributed by atoms with Crippen LogP contribution in [0.25, 0.3) is 0 Å². The molecule has 0 aromatic heterocycles. The zero-order valence-electron chi connectivity index (χ0n) is 31.9. The zero-order chi connectivity index (χ0) is 31.8. The van der Waals surface area contributed by atoms with E-state index in [1.54, 1.807) is 38.5 Å². The summed E-state index contributed by atoms with van der Waals surface area (Å²) in [6, 6.07) is 0. The topological polar surface area (TPSA) is 18.5 Å². The molecule has 6 aliphatic rings. The van der Waals surface area contributed by atoms with Crippen LogP contribution in [0.4, 0.5) is 0 Å². The van der Waals surface area contributed by atoms with E-state index in [2.05, 4.69) is 101 Å². The van der Waals surface area contributed by atoms with E-state index in [1.165, 1.54) is 25.7 Å². The summed E-state index contributed by atoms with van der Waals surface area (Å²) in [5.74, 6) is 3.12. The molecule has 0 atom stereocenters. The Hall–Kier alpha value is 1.04. The molecular weight excluding hydrogens is 568 g/mol. The molecule has 6 rings (SSSR count). The summed E-state index contributed by atoms with van der Waals surface area (Å²) in [6.07, 6.45) is 14.4. The van der Waals surface area contributed by atoms with Gasteiger partial charge in [-0.25, -0.2) is 0 Å². The van der Waals surface area contributed by atoms with Crippen molar-refractivity contribution in [1.29, 1.82) is 0 Å². The molecule has 0 unspecified atom stereocenters. The predicted octanol–water partition coefficient (Wildman–Crippen LogP) is 8.07. The van der Waals surface area contributed by atoms with Crippen molar-refractivity contribution in [1.82, 2.24) is 0 Å². The van der Waals surface area contributed by atoms with Crippen LogP contribution in [0.3, 0.4) is 0 Å². The molecular formula is C37H73LiO2Si3. The maximum atomic E-state index is 4.94. The van der Waals surface area contributed by atoms with Crippen LogP contribution in [0.15, 0.2) is 0 Å². The first-order valence-corrected chi connectivity index (χ1v) is 24.9. The quantitative estimate of drug-likeness (QED) is 0.291. The average molecular weight is 641 g/mol. The zero-order valence-corrected chi connectivity index (χ0v) is 34.9. The number of hydrogen-bond donors (Lipinski definition) is 0. The van der Waals surface area contributed by atoms with Crippen LogP contribution >= 0.6 is 0 Å². The molecule has 6 heteroatoms. The fraction of sp³-hybridized carbons (Fsp3) is 0.973. The van der Waals surface area contributed by atoms with Crippen molar-refractivity contribution in [2.75, 3.05) is 26.4 Å². The second-order valence-electron chi connectivity index (χ2n) is 19.6. The van der Waals surface area contributed by atoms with Crippen LogP contribution in [0, 0.1) is 23.2 Å². The van der Waals surface area contributed by atoms with Crippen LogP contribution in [0.1, 0.15) is 147 Å². The molecule has 2 heterocycles. The Balaban J connectivity index is 0.000000492. The second kappa shape index (κ2) is 14.7. The van der Waals surface area contributed by atoms with Crippen LogP contribution < -0.4 is 18.9 Å². The van der Waals surface area contributed by atoms with E-state index in [0.29, 0.717) is 25.6 Å². The standard InChI is InChI=1S/C29H57Si3.2C4H8O.Li/c1-25(2,3)31(13,26(4,5)6)24(30-32(14,27(7,8)9)28(10,11)12)29-18-21-15-22(19-29)17-23(16-21)20-29;2*1-2-4-5-3-1;/h21-23H,15-20H2,1-14H3;2*1-4H2;/q-1;;;+1. The smallest absolute Gasteiger partial charge is 0.447 e. The van der Waals surface area contributed by atoms with Crippen LogP contribution in [-0.2, 0) is 9.47 Å². The van der Waals surface area contributed by atoms with Crippen molar-refractivity contribution < 1.29 is 28.3 Å². The molecule has 246 valence electrons. The Morgan fingerprint density at radius 2 is 0.860 bits per heavy atom. The Morgan fingerprint density at radius 3 is 1.07 bits per heavy atom. The van der Waals surface area contributed by atoms with Gasteiger partial charge in [0, 0.05) is 34.5 Å². The number of rotatable bonds is 3. The minimum absolute atomic E-state index is 0. The van der Waals surface area contributed by atoms with Gasteiger partial charge in [0.2, 0.25) is 0 Å². The molecule has 0 aromatic carbocycles. The van der Waals surface area contributed by atoms with E-state index in [4.69, 9.17) is 9.47 Å². The molecule has 6 fully saturated rings. The minimum Gasteiger partial charge on any atom is -0.447 e. The average Bonchev–Trinajstić information content (AvgIpc) is 3.57. The fourth-order valence-electron chi connectivity index (χ4n) is 9.85. The van der Waals surface area contributed by atoms with Gasteiger partial charge in [-0.2, -0.15) is 0 Å². The monoisotopic (exact) mass is 641 g/mol. The predicted molar refractivity (Wildman–Crippen MR) is 194 cm³/mol. The maximum Gasteiger partial charge on any atom is 1.00 e. The van der Waals surface area contributed by atoms with Gasteiger partial charge in [0.05, 0.1) is 0 Å². The summed E-state index contributed by atoms with van der Waals surface area (Å²) < 4.78 is 9.89. The summed E-state index contributed by atoms with van der Waals surface area (Å²) in [6.45, 7) is 41.0. The van der Waals surface area contributed by atoms with Gasteiger partial charge in [-0.1, -0.05) is 114 Å². The van der Waals surface area contributed by atoms with Crippen molar-refractivity contribution in [3.8, 4) is 0 Å². The van der Waals surface area contributed by atoms with Crippen LogP contribution in [0.2, 0.25) is 33.2 Å². The molecule has 4 saturated carbocycles. The summed E-state index contributed by atoms with van der Waals surface area (Å²) >= 11 is 0. The third-order valence-electron chi connectivity index (χ3n) is 13.1. The summed E-state index contributed by atoms with van der Waals surface area (Å²) in [5, 5.41) is 1.68. The molecule has 4 aliphatic carbocycles.